The Morgan fingerprint density at radius 1 is 1.06 bits per heavy atom. The summed E-state index contributed by atoms with van der Waals surface area (Å²) in [5.41, 5.74) is 4.50. The molecule has 3 heterocycles. The first kappa shape index (κ1) is 20.2. The zero-order chi connectivity index (χ0) is 21.7. The quantitative estimate of drug-likeness (QED) is 0.444. The highest BCUT2D eigenvalue weighted by atomic mass is 16.3. The minimum absolute atomic E-state index is 0.0293. The van der Waals surface area contributed by atoms with Gasteiger partial charge in [0.15, 0.2) is 11.0 Å². The Hall–Kier alpha value is -2.76. The third-order valence-corrected chi connectivity index (χ3v) is 6.85. The van der Waals surface area contributed by atoms with Crippen LogP contribution in [0.2, 0.25) is 0 Å². The molecule has 31 heavy (non-hydrogen) atoms. The van der Waals surface area contributed by atoms with Gasteiger partial charge in [-0.3, -0.25) is 19.4 Å². The maximum absolute atomic E-state index is 13.2. The van der Waals surface area contributed by atoms with Crippen LogP contribution in [0.1, 0.15) is 76.0 Å². The first-order valence-electron chi connectivity index (χ1n) is 11.7. The Kier molecular flexibility index (Phi) is 5.03. The standard InChI is InChI=1S/C25H31N3O3/c1-14(2)13-18-20-24(28(27-25(20)30)16-9-7-5-4-6-8-10-16)26-21-17-11-12-19(29)15(3)22(17)31-23(18)21/h11-12,14,16,26H,4-10,13H2,1-3H3,(H,27,30). The van der Waals surface area contributed by atoms with Crippen LogP contribution < -0.4 is 11.0 Å². The summed E-state index contributed by atoms with van der Waals surface area (Å²) in [6.07, 6.45) is 9.10. The molecular formula is C25H31N3O3. The van der Waals surface area contributed by atoms with Gasteiger partial charge in [0.25, 0.3) is 5.56 Å². The largest absolute Gasteiger partial charge is 0.454 e. The van der Waals surface area contributed by atoms with E-state index in [1.807, 2.05) is 6.07 Å². The van der Waals surface area contributed by atoms with E-state index in [0.717, 1.165) is 41.4 Å². The maximum atomic E-state index is 13.2. The monoisotopic (exact) mass is 421 g/mol. The summed E-state index contributed by atoms with van der Waals surface area (Å²) in [6, 6.07) is 3.73. The van der Waals surface area contributed by atoms with E-state index in [9.17, 15) is 9.59 Å². The number of aromatic nitrogens is 3. The van der Waals surface area contributed by atoms with Gasteiger partial charge < -0.3 is 9.40 Å². The lowest BCUT2D eigenvalue weighted by Crippen LogP contribution is -2.15. The number of rotatable bonds is 3. The van der Waals surface area contributed by atoms with E-state index in [1.54, 1.807) is 13.0 Å². The van der Waals surface area contributed by atoms with Crippen LogP contribution in [0.4, 0.5) is 0 Å². The van der Waals surface area contributed by atoms with Crippen LogP contribution in [0.25, 0.3) is 33.1 Å². The number of aromatic amines is 2. The number of furan rings is 1. The van der Waals surface area contributed by atoms with E-state index in [-0.39, 0.29) is 11.0 Å². The van der Waals surface area contributed by atoms with Gasteiger partial charge >= 0.3 is 0 Å². The number of nitrogens with zero attached hydrogens (tertiary/aromatic N) is 1. The SMILES string of the molecule is Cc1c(=O)ccc2c1oc1c(CC(C)C)c3c(=O)[nH]n(C4CCCCCCC4)c3[nH]c12. The highest BCUT2D eigenvalue weighted by Gasteiger charge is 2.24. The zero-order valence-corrected chi connectivity index (χ0v) is 18.6. The molecule has 1 aliphatic rings. The van der Waals surface area contributed by atoms with E-state index < -0.39 is 0 Å². The molecule has 0 atom stereocenters. The minimum Gasteiger partial charge on any atom is -0.454 e. The lowest BCUT2D eigenvalue weighted by molar-refractivity contribution is 0.353. The third-order valence-electron chi connectivity index (χ3n) is 6.85. The lowest BCUT2D eigenvalue weighted by Gasteiger charge is -2.21. The summed E-state index contributed by atoms with van der Waals surface area (Å²) in [7, 11) is 0. The molecule has 6 nitrogen and oxygen atoms in total. The van der Waals surface area contributed by atoms with Crippen LogP contribution in [0.15, 0.2) is 26.1 Å². The first-order chi connectivity index (χ1) is 15.0. The predicted molar refractivity (Wildman–Crippen MR) is 125 cm³/mol. The molecule has 0 amide bonds. The average Bonchev–Trinajstić information content (AvgIpc) is 3.23. The van der Waals surface area contributed by atoms with E-state index in [0.29, 0.717) is 34.1 Å². The molecule has 6 heteroatoms. The van der Waals surface area contributed by atoms with E-state index in [2.05, 4.69) is 28.6 Å². The summed E-state index contributed by atoms with van der Waals surface area (Å²) >= 11 is 0. The third kappa shape index (κ3) is 3.33. The molecule has 3 aromatic heterocycles. The number of aryl methyl sites for hydroxylation is 1. The highest BCUT2D eigenvalue weighted by Crippen LogP contribution is 2.36. The molecular weight excluding hydrogens is 390 g/mol. The molecule has 5 rings (SSSR count). The van der Waals surface area contributed by atoms with Gasteiger partial charge in [-0.1, -0.05) is 46.0 Å². The summed E-state index contributed by atoms with van der Waals surface area (Å²) in [5.74, 6) is 0.363. The van der Waals surface area contributed by atoms with Crippen LogP contribution in [-0.4, -0.2) is 14.8 Å². The minimum atomic E-state index is -0.0625. The molecule has 0 saturated heterocycles. The first-order valence-corrected chi connectivity index (χ1v) is 11.7. The van der Waals surface area contributed by atoms with Crippen LogP contribution in [0.3, 0.4) is 0 Å². The molecule has 2 N–H and O–H groups in total. The average molecular weight is 422 g/mol. The van der Waals surface area contributed by atoms with Gasteiger partial charge in [0.2, 0.25) is 0 Å². The predicted octanol–water partition coefficient (Wildman–Crippen LogP) is 5.71. The van der Waals surface area contributed by atoms with Crippen molar-refractivity contribution >= 4 is 33.1 Å². The molecule has 1 aliphatic carbocycles. The fourth-order valence-electron chi connectivity index (χ4n) is 5.27. The van der Waals surface area contributed by atoms with E-state index in [4.69, 9.17) is 4.42 Å². The molecule has 0 bridgehead atoms. The van der Waals surface area contributed by atoms with Crippen LogP contribution in [-0.2, 0) is 6.42 Å². The van der Waals surface area contributed by atoms with Gasteiger partial charge in [0.05, 0.1) is 16.9 Å². The van der Waals surface area contributed by atoms with Crippen LogP contribution in [0.5, 0.6) is 0 Å². The molecule has 0 radical (unpaired) electrons. The summed E-state index contributed by atoms with van der Waals surface area (Å²) < 4.78 is 8.34. The zero-order valence-electron chi connectivity index (χ0n) is 18.6. The Bertz CT molecular complexity index is 1370. The molecule has 1 aromatic carbocycles. The van der Waals surface area contributed by atoms with Crippen molar-refractivity contribution in [1.29, 1.82) is 0 Å². The number of H-pyrrole nitrogens is 2. The fraction of sp³-hybridized carbons (Fsp3) is 0.520. The molecule has 4 aromatic rings. The molecule has 0 aliphatic heterocycles. The van der Waals surface area contributed by atoms with Gasteiger partial charge in [0.1, 0.15) is 11.2 Å². The molecule has 1 saturated carbocycles. The lowest BCUT2D eigenvalue weighted by atomic mass is 9.96. The van der Waals surface area contributed by atoms with Crippen molar-refractivity contribution in [2.24, 2.45) is 5.92 Å². The second kappa shape index (κ2) is 7.74. The number of fused-ring (bicyclic) bond motifs is 4. The summed E-state index contributed by atoms with van der Waals surface area (Å²) in [4.78, 5) is 28.9. The number of pyridine rings is 1. The van der Waals surface area contributed by atoms with Crippen molar-refractivity contribution < 1.29 is 4.42 Å². The van der Waals surface area contributed by atoms with E-state index >= 15 is 0 Å². The molecule has 164 valence electrons. The van der Waals surface area contributed by atoms with Gasteiger partial charge in [0, 0.05) is 16.5 Å². The smallest absolute Gasteiger partial charge is 0.274 e. The normalized spacial score (nSPS) is 16.5. The van der Waals surface area contributed by atoms with Crippen molar-refractivity contribution in [3.05, 3.63) is 43.8 Å². The second-order valence-corrected chi connectivity index (χ2v) is 9.61. The number of nitrogens with one attached hydrogen (secondary N) is 2. The van der Waals surface area contributed by atoms with Crippen molar-refractivity contribution in [3.8, 4) is 0 Å². The molecule has 0 unspecified atom stereocenters. The molecule has 1 fully saturated rings. The Morgan fingerprint density at radius 3 is 2.48 bits per heavy atom. The van der Waals surface area contributed by atoms with Crippen LogP contribution >= 0.6 is 0 Å². The maximum Gasteiger partial charge on any atom is 0.274 e. The number of hydrogen-bond donors (Lipinski definition) is 2. The number of hydrogen-bond acceptors (Lipinski definition) is 3. The Labute approximate surface area is 180 Å². The second-order valence-electron chi connectivity index (χ2n) is 9.61. The topological polar surface area (TPSA) is 83.8 Å². The van der Waals surface area contributed by atoms with Crippen molar-refractivity contribution in [3.63, 3.8) is 0 Å². The Balaban J connectivity index is 1.84. The summed E-state index contributed by atoms with van der Waals surface area (Å²) in [5, 5.41) is 4.75. The number of benzene rings is 1. The molecule has 0 spiro atoms. The van der Waals surface area contributed by atoms with Gasteiger partial charge in [-0.2, -0.15) is 0 Å². The Morgan fingerprint density at radius 2 is 1.77 bits per heavy atom. The fourth-order valence-corrected chi connectivity index (χ4v) is 5.27. The van der Waals surface area contributed by atoms with Crippen molar-refractivity contribution in [2.45, 2.75) is 78.2 Å². The van der Waals surface area contributed by atoms with Gasteiger partial charge in [-0.05, 0) is 44.2 Å². The van der Waals surface area contributed by atoms with Crippen molar-refractivity contribution in [1.82, 2.24) is 14.8 Å². The van der Waals surface area contributed by atoms with E-state index in [1.165, 1.54) is 32.1 Å². The van der Waals surface area contributed by atoms with Crippen molar-refractivity contribution in [2.75, 3.05) is 0 Å². The van der Waals surface area contributed by atoms with Gasteiger partial charge in [-0.25, -0.2) is 0 Å². The highest BCUT2D eigenvalue weighted by molar-refractivity contribution is 6.08. The van der Waals surface area contributed by atoms with Crippen LogP contribution in [0, 0.1) is 12.8 Å². The van der Waals surface area contributed by atoms with Gasteiger partial charge in [-0.15, -0.1) is 0 Å². The summed E-state index contributed by atoms with van der Waals surface area (Å²) in [6.45, 7) is 6.10.